The topological polar surface area (TPSA) is 64.7 Å². The zero-order valence-corrected chi connectivity index (χ0v) is 14.8. The van der Waals surface area contributed by atoms with Crippen LogP contribution >= 0.6 is 23.2 Å². The second kappa shape index (κ2) is 5.50. The number of hydrogen-bond donors (Lipinski definition) is 1. The van der Waals surface area contributed by atoms with Crippen LogP contribution in [0, 0.1) is 0 Å². The Labute approximate surface area is 143 Å². The zero-order valence-electron chi connectivity index (χ0n) is 11.6. The Hall–Kier alpha value is -1.13. The number of nitrogens with two attached hydrogens (primary N) is 1. The first-order chi connectivity index (χ1) is 10.6. The fourth-order valence-electron chi connectivity index (χ4n) is 2.91. The van der Waals surface area contributed by atoms with Crippen molar-refractivity contribution in [3.05, 3.63) is 32.4 Å². The van der Waals surface area contributed by atoms with Crippen molar-refractivity contribution in [1.29, 1.82) is 0 Å². The van der Waals surface area contributed by atoms with Crippen molar-refractivity contribution >= 4 is 53.3 Å². The monoisotopic (exact) mass is 398 g/mol. The van der Waals surface area contributed by atoms with Crippen molar-refractivity contribution in [2.24, 2.45) is 0 Å². The summed E-state index contributed by atoms with van der Waals surface area (Å²) in [6.45, 7) is 0. The molecule has 4 nitrogen and oxygen atoms in total. The molecule has 0 saturated carbocycles. The van der Waals surface area contributed by atoms with Gasteiger partial charge in [-0.2, -0.15) is 0 Å². The van der Waals surface area contributed by atoms with E-state index in [1.54, 1.807) is 12.1 Å². The summed E-state index contributed by atoms with van der Waals surface area (Å²) in [6, 6.07) is 3.42. The van der Waals surface area contributed by atoms with Gasteiger partial charge in [-0.05, 0) is 0 Å². The Kier molecular flexibility index (Phi) is 3.61. The first kappa shape index (κ1) is 14.5. The van der Waals surface area contributed by atoms with Crippen molar-refractivity contribution < 1.29 is 0 Å². The van der Waals surface area contributed by atoms with Crippen LogP contribution in [0.5, 0.6) is 0 Å². The van der Waals surface area contributed by atoms with E-state index in [0.717, 1.165) is 21.8 Å². The van der Waals surface area contributed by atoms with E-state index in [1.165, 1.54) is 29.3 Å². The number of rotatable bonds is 1. The molecule has 22 heavy (non-hydrogen) atoms. The summed E-state index contributed by atoms with van der Waals surface area (Å²) in [4.78, 5) is 13.2. The molecule has 0 amide bonds. The van der Waals surface area contributed by atoms with Gasteiger partial charge in [0.15, 0.2) is 0 Å². The molecule has 7 heteroatoms. The van der Waals surface area contributed by atoms with E-state index in [4.69, 9.17) is 33.9 Å². The van der Waals surface area contributed by atoms with E-state index in [2.05, 4.69) is 9.97 Å². The number of anilines is 1. The molecular formula is C15H12Cl2N4Se. The number of aromatic nitrogens is 3. The fraction of sp³-hybridized carbons (Fsp3) is 0.267. The van der Waals surface area contributed by atoms with Crippen LogP contribution in [-0.2, 0) is 12.8 Å². The van der Waals surface area contributed by atoms with E-state index in [1.807, 2.05) is 0 Å². The Bertz CT molecular complexity index is 871. The third-order valence-electron chi connectivity index (χ3n) is 3.86. The normalized spacial score (nSPS) is 14.3. The second-order valence-electron chi connectivity index (χ2n) is 5.32. The molecule has 1 aliphatic rings. The molecule has 0 fully saturated rings. The van der Waals surface area contributed by atoms with Gasteiger partial charge in [0, 0.05) is 0 Å². The molecule has 0 radical (unpaired) electrons. The molecule has 112 valence electrons. The molecule has 0 bridgehead atoms. The van der Waals surface area contributed by atoms with Crippen molar-refractivity contribution in [1.82, 2.24) is 15.0 Å². The third kappa shape index (κ3) is 2.42. The summed E-state index contributed by atoms with van der Waals surface area (Å²) >= 11 is 12.2. The van der Waals surface area contributed by atoms with Gasteiger partial charge >= 0.3 is 143 Å². The molecule has 0 saturated heterocycles. The molecule has 3 aromatic heterocycles. The van der Waals surface area contributed by atoms with Crippen molar-refractivity contribution in [2.45, 2.75) is 25.7 Å². The van der Waals surface area contributed by atoms with Gasteiger partial charge in [-0.15, -0.1) is 0 Å². The molecule has 2 N–H and O–H groups in total. The summed E-state index contributed by atoms with van der Waals surface area (Å²) in [5, 5.41) is 1.74. The Morgan fingerprint density at radius 1 is 1.00 bits per heavy atom. The Morgan fingerprint density at radius 2 is 1.73 bits per heavy atom. The van der Waals surface area contributed by atoms with E-state index >= 15 is 0 Å². The van der Waals surface area contributed by atoms with Crippen LogP contribution in [0.2, 0.25) is 10.3 Å². The number of pyridine rings is 1. The van der Waals surface area contributed by atoms with Crippen molar-refractivity contribution in [3.63, 3.8) is 0 Å². The first-order valence-corrected chi connectivity index (χ1v) is 9.50. The van der Waals surface area contributed by atoms with Crippen molar-refractivity contribution in [2.75, 3.05) is 5.73 Å². The molecule has 0 aliphatic heterocycles. The number of aryl methyl sites for hydroxylation is 2. The number of nitrogen functional groups attached to an aromatic ring is 1. The summed E-state index contributed by atoms with van der Waals surface area (Å²) in [6.07, 6.45) is 4.77. The second-order valence-corrected chi connectivity index (χ2v) is 8.37. The van der Waals surface area contributed by atoms with Gasteiger partial charge in [0.05, 0.1) is 0 Å². The minimum atomic E-state index is 0.261. The summed E-state index contributed by atoms with van der Waals surface area (Å²) in [5.74, 6) is 1.14. The molecule has 0 unspecified atom stereocenters. The van der Waals surface area contributed by atoms with Crippen LogP contribution in [0.25, 0.3) is 21.2 Å². The van der Waals surface area contributed by atoms with Crippen LogP contribution in [0.3, 0.4) is 0 Å². The van der Waals surface area contributed by atoms with E-state index < -0.39 is 0 Å². The van der Waals surface area contributed by atoms with Gasteiger partial charge in [0.25, 0.3) is 0 Å². The predicted molar refractivity (Wildman–Crippen MR) is 90.8 cm³/mol. The summed E-state index contributed by atoms with van der Waals surface area (Å²) in [5.41, 5.74) is 8.39. The van der Waals surface area contributed by atoms with Gasteiger partial charge in [-0.3, -0.25) is 0 Å². The Morgan fingerprint density at radius 3 is 2.50 bits per heavy atom. The summed E-state index contributed by atoms with van der Waals surface area (Å²) < 4.78 is 2.63. The van der Waals surface area contributed by atoms with Gasteiger partial charge in [0.2, 0.25) is 0 Å². The average molecular weight is 398 g/mol. The maximum absolute atomic E-state index is 6.24. The molecule has 4 rings (SSSR count). The Balaban J connectivity index is 1.93. The molecule has 0 aromatic carbocycles. The molecule has 0 spiro atoms. The molecule has 3 heterocycles. The molecule has 0 atom stereocenters. The first-order valence-electron chi connectivity index (χ1n) is 7.03. The molecule has 3 aromatic rings. The van der Waals surface area contributed by atoms with Crippen LogP contribution in [0.1, 0.15) is 22.8 Å². The third-order valence-corrected chi connectivity index (χ3v) is 6.74. The number of halogens is 2. The van der Waals surface area contributed by atoms with E-state index in [0.29, 0.717) is 21.9 Å². The predicted octanol–water partition coefficient (Wildman–Crippen LogP) is 3.52. The number of hydrogen-bond acceptors (Lipinski definition) is 4. The van der Waals surface area contributed by atoms with Crippen molar-refractivity contribution in [3.8, 4) is 11.4 Å². The average Bonchev–Trinajstić information content (AvgIpc) is 2.84. The zero-order chi connectivity index (χ0) is 15.3. The van der Waals surface area contributed by atoms with Gasteiger partial charge in [-0.25, -0.2) is 0 Å². The number of nitrogens with zero attached hydrogens (tertiary/aromatic N) is 3. The van der Waals surface area contributed by atoms with E-state index in [9.17, 15) is 0 Å². The van der Waals surface area contributed by atoms with Crippen LogP contribution in [-0.4, -0.2) is 29.5 Å². The van der Waals surface area contributed by atoms with E-state index in [-0.39, 0.29) is 14.5 Å². The molecular weight excluding hydrogens is 386 g/mol. The maximum atomic E-state index is 6.24. The van der Waals surface area contributed by atoms with Gasteiger partial charge in [0.1, 0.15) is 0 Å². The van der Waals surface area contributed by atoms with Crippen LogP contribution < -0.4 is 5.73 Å². The SMILES string of the molecule is Nc1nc(-c2cc(Cl)nc(Cl)c2)nc2[se]c3c(c12)CCCC3. The van der Waals surface area contributed by atoms with Crippen LogP contribution in [0.4, 0.5) is 5.82 Å². The fourth-order valence-corrected chi connectivity index (χ4v) is 6.03. The van der Waals surface area contributed by atoms with Gasteiger partial charge < -0.3 is 0 Å². The minimum absolute atomic E-state index is 0.261. The quantitative estimate of drug-likeness (QED) is 0.504. The van der Waals surface area contributed by atoms with Crippen LogP contribution in [0.15, 0.2) is 12.1 Å². The molecule has 1 aliphatic carbocycles. The van der Waals surface area contributed by atoms with Gasteiger partial charge in [-0.1, -0.05) is 0 Å². The number of fused-ring (bicyclic) bond motifs is 3. The standard InChI is InChI=1S/C15H12Cl2N4Se/c16-10-5-7(6-11(17)19-10)14-20-13(18)12-8-3-1-2-4-9(8)22-15(12)21-14/h5-6H,1-4H2,(H2,18,20,21). The summed E-state index contributed by atoms with van der Waals surface area (Å²) in [7, 11) is 0.